The van der Waals surface area contributed by atoms with Gasteiger partial charge < -0.3 is 39.7 Å². The van der Waals surface area contributed by atoms with Crippen molar-refractivity contribution in [3.8, 4) is 23.8 Å². The first-order chi connectivity index (χ1) is 30.9. The van der Waals surface area contributed by atoms with Gasteiger partial charge in [0.2, 0.25) is 0 Å². The van der Waals surface area contributed by atoms with Crippen LogP contribution in [0, 0.1) is 17.9 Å². The van der Waals surface area contributed by atoms with E-state index in [-0.39, 0.29) is 35.2 Å². The number of carbonyl (C=O) groups is 2. The Hall–Kier alpha value is -4.46. The van der Waals surface area contributed by atoms with Crippen molar-refractivity contribution >= 4 is 34.6 Å². The molecule has 3 saturated heterocycles. The number of ether oxygens (including phenoxy) is 2. The van der Waals surface area contributed by atoms with Gasteiger partial charge in [0.05, 0.1) is 23.6 Å². The van der Waals surface area contributed by atoms with Crippen molar-refractivity contribution in [3.63, 3.8) is 0 Å². The number of piperazine rings is 1. The van der Waals surface area contributed by atoms with Crippen LogP contribution < -0.4 is 25.9 Å². The van der Waals surface area contributed by atoms with Crippen LogP contribution in [0.3, 0.4) is 0 Å². The van der Waals surface area contributed by atoms with E-state index in [4.69, 9.17) is 25.9 Å². The number of urea groups is 1. The van der Waals surface area contributed by atoms with Crippen LogP contribution in [0.5, 0.6) is 0 Å². The highest BCUT2D eigenvalue weighted by Gasteiger charge is 2.44. The largest absolute Gasteiger partial charge is 0.446 e. The summed E-state index contributed by atoms with van der Waals surface area (Å²) < 4.78 is 12.0. The Morgan fingerprint density at radius 1 is 1.03 bits per heavy atom. The molecule has 0 spiro atoms. The van der Waals surface area contributed by atoms with Gasteiger partial charge in [0.25, 0.3) is 5.91 Å². The standard InChI is InChI=1S/C47H67N9O4S.C2H7N/c1-9-32(5)40-36(27-34(29-48-40)53-24-22-52(8)23-25-53)42-37(28-47(6,7)31-59-11-3)35-26-33(16-17-39(35)55(42)10-2)38-30-61-44(50-38)43(60-12-4)41(51-46(58)54-19-15-20-54)45(57)56-21-14-13-18-49-56;1-3-2/h3,16-17,26-27,29-30,32,37,41-43,49H,9-10,12-15,18-25,28,31H2,1-2,4-8H3,(H,51,58);3H,1-2H3. The lowest BCUT2D eigenvalue weighted by atomic mass is 9.76. The second-order valence-electron chi connectivity index (χ2n) is 18.5. The van der Waals surface area contributed by atoms with Gasteiger partial charge in [-0.1, -0.05) is 40.2 Å². The summed E-state index contributed by atoms with van der Waals surface area (Å²) in [4.78, 5) is 47.2. The topological polar surface area (TPSA) is 131 Å². The van der Waals surface area contributed by atoms with Crippen LogP contribution in [0.2, 0.25) is 0 Å². The Morgan fingerprint density at radius 2 is 1.78 bits per heavy atom. The van der Waals surface area contributed by atoms with Crippen molar-refractivity contribution in [2.75, 3.05) is 103 Å². The van der Waals surface area contributed by atoms with Crippen LogP contribution in [-0.4, -0.2) is 136 Å². The van der Waals surface area contributed by atoms with Crippen LogP contribution in [0.25, 0.3) is 11.3 Å². The lowest BCUT2D eigenvalue weighted by Crippen LogP contribution is -2.60. The van der Waals surface area contributed by atoms with Crippen LogP contribution in [-0.2, 0) is 14.3 Å². The number of aromatic nitrogens is 2. The lowest BCUT2D eigenvalue weighted by Gasteiger charge is -2.37. The third kappa shape index (κ3) is 11.3. The van der Waals surface area contributed by atoms with Crippen LogP contribution in [0.4, 0.5) is 16.2 Å². The zero-order chi connectivity index (χ0) is 46.0. The second-order valence-corrected chi connectivity index (χ2v) is 19.4. The number of nitrogens with one attached hydrogen (secondary N) is 3. The minimum atomic E-state index is -0.941. The molecule has 5 atom stereocenters. The third-order valence-corrected chi connectivity index (χ3v) is 14.0. The molecule has 3 fully saturated rings. The number of benzene rings is 1. The van der Waals surface area contributed by atoms with E-state index in [9.17, 15) is 9.59 Å². The number of amides is 3. The van der Waals surface area contributed by atoms with E-state index in [1.165, 1.54) is 33.8 Å². The Kier molecular flexibility index (Phi) is 17.3. The Morgan fingerprint density at radius 3 is 2.41 bits per heavy atom. The first-order valence-corrected chi connectivity index (χ1v) is 24.4. The van der Waals surface area contributed by atoms with Gasteiger partial charge in [-0.3, -0.25) is 14.8 Å². The highest BCUT2D eigenvalue weighted by atomic mass is 32.1. The molecule has 0 radical (unpaired) electrons. The minimum absolute atomic E-state index is 0.0443. The average molecular weight is 899 g/mol. The van der Waals surface area contributed by atoms with Crippen molar-refractivity contribution in [2.24, 2.45) is 5.41 Å². The number of hydrazine groups is 1. The zero-order valence-corrected chi connectivity index (χ0v) is 40.7. The maximum Gasteiger partial charge on any atom is 0.318 e. The fourth-order valence-electron chi connectivity index (χ4n) is 9.33. The highest BCUT2D eigenvalue weighted by molar-refractivity contribution is 7.10. The maximum atomic E-state index is 14.2. The number of hydrogen-bond donors (Lipinski definition) is 3. The lowest BCUT2D eigenvalue weighted by molar-refractivity contribution is -0.142. The number of anilines is 2. The molecular weight excluding hydrogens is 825 g/mol. The molecular formula is C49H74N10O4S. The highest BCUT2D eigenvalue weighted by Crippen LogP contribution is 2.55. The molecule has 3 amide bonds. The van der Waals surface area contributed by atoms with Crippen molar-refractivity contribution < 1.29 is 19.1 Å². The molecule has 2 aromatic heterocycles. The molecule has 4 aliphatic rings. The van der Waals surface area contributed by atoms with E-state index < -0.39 is 12.1 Å². The molecule has 3 aromatic rings. The zero-order valence-electron chi connectivity index (χ0n) is 39.9. The predicted molar refractivity (Wildman–Crippen MR) is 259 cm³/mol. The fraction of sp³-hybridized carbons (Fsp3) is 0.633. The minimum Gasteiger partial charge on any atom is -0.446 e. The first-order valence-electron chi connectivity index (χ1n) is 23.6. The number of pyridine rings is 1. The summed E-state index contributed by atoms with van der Waals surface area (Å²) in [6, 6.07) is 8.04. The smallest absolute Gasteiger partial charge is 0.318 e. The first kappa shape index (κ1) is 49.0. The van der Waals surface area contributed by atoms with Gasteiger partial charge >= 0.3 is 6.03 Å². The summed E-state index contributed by atoms with van der Waals surface area (Å²) in [5.74, 6) is 0.176. The monoisotopic (exact) mass is 899 g/mol. The Balaban J connectivity index is 0.00000220. The molecule has 6 heterocycles. The van der Waals surface area contributed by atoms with Gasteiger partial charge in [0, 0.05) is 99.2 Å². The third-order valence-electron chi connectivity index (χ3n) is 13.1. The summed E-state index contributed by atoms with van der Waals surface area (Å²) in [6.07, 6.45) is 14.1. The number of terminal acetylenes is 1. The molecule has 15 heteroatoms. The molecule has 0 saturated carbocycles. The molecule has 1 aromatic carbocycles. The van der Waals surface area contributed by atoms with Gasteiger partial charge in [-0.25, -0.2) is 15.2 Å². The number of thiazole rings is 1. The van der Waals surface area contributed by atoms with E-state index in [1.807, 2.05) is 21.0 Å². The van der Waals surface area contributed by atoms with Gasteiger partial charge in [0.15, 0.2) is 0 Å². The fourth-order valence-corrected chi connectivity index (χ4v) is 10.2. The van der Waals surface area contributed by atoms with Crippen molar-refractivity contribution in [2.45, 2.75) is 104 Å². The SMILES string of the molecule is C#COCC(C)(C)CC1c2cc(-c3csc(C(OCC)C(NC(=O)N4CCC4)C(=O)N4CCCCN4)n3)ccc2N(CC)C1c1cc(N2CCN(C)CC2)cnc1C(C)CC.CNC. The van der Waals surface area contributed by atoms with Gasteiger partial charge in [0.1, 0.15) is 29.9 Å². The van der Waals surface area contributed by atoms with Gasteiger partial charge in [-0.2, -0.15) is 0 Å². The molecule has 3 N–H and O–H groups in total. The Bertz CT molecular complexity index is 2040. The van der Waals surface area contributed by atoms with Crippen LogP contribution in [0.15, 0.2) is 35.8 Å². The quantitative estimate of drug-likeness (QED) is 0.129. The number of likely N-dealkylation sites (tertiary alicyclic amines) is 1. The second kappa shape index (κ2) is 22.6. The van der Waals surface area contributed by atoms with E-state index in [2.05, 4.69) is 114 Å². The average Bonchev–Trinajstić information content (AvgIpc) is 3.89. The van der Waals surface area contributed by atoms with Gasteiger partial charge in [-0.15, -0.1) is 11.3 Å². The summed E-state index contributed by atoms with van der Waals surface area (Å²) in [6.45, 7) is 21.4. The number of likely N-dealkylation sites (N-methyl/N-ethyl adjacent to an activating group) is 2. The molecule has 0 aliphatic carbocycles. The number of nitrogens with zero attached hydrogens (tertiary/aromatic N) is 7. The number of carbonyl (C=O) groups excluding carboxylic acids is 2. The van der Waals surface area contributed by atoms with Crippen LogP contribution >= 0.6 is 11.3 Å². The molecule has 7 rings (SSSR count). The van der Waals surface area contributed by atoms with E-state index in [0.29, 0.717) is 44.4 Å². The number of rotatable bonds is 16. The molecule has 5 unspecified atom stereocenters. The van der Waals surface area contributed by atoms with E-state index >= 15 is 0 Å². The van der Waals surface area contributed by atoms with E-state index in [0.717, 1.165) is 81.8 Å². The molecule has 14 nitrogen and oxygen atoms in total. The Labute approximate surface area is 386 Å². The number of fused-ring (bicyclic) bond motifs is 1. The molecule has 4 aliphatic heterocycles. The molecule has 64 heavy (non-hydrogen) atoms. The van der Waals surface area contributed by atoms with Crippen molar-refractivity contribution in [1.29, 1.82) is 0 Å². The molecule has 0 bridgehead atoms. The maximum absolute atomic E-state index is 14.2. The van der Waals surface area contributed by atoms with Crippen LogP contribution in [0.1, 0.15) is 119 Å². The summed E-state index contributed by atoms with van der Waals surface area (Å²) in [7, 11) is 5.94. The van der Waals surface area contributed by atoms with Crippen molar-refractivity contribution in [3.05, 3.63) is 57.7 Å². The predicted octanol–water partition coefficient (Wildman–Crippen LogP) is 6.98. The summed E-state index contributed by atoms with van der Waals surface area (Å²) >= 11 is 1.46. The molecule has 350 valence electrons. The number of hydrogen-bond acceptors (Lipinski definition) is 12. The van der Waals surface area contributed by atoms with E-state index in [1.54, 1.807) is 9.91 Å². The van der Waals surface area contributed by atoms with Crippen molar-refractivity contribution in [1.82, 2.24) is 40.8 Å². The van der Waals surface area contributed by atoms with Gasteiger partial charge in [-0.05, 0) is 102 Å². The normalized spacial score (nSPS) is 20.3. The summed E-state index contributed by atoms with van der Waals surface area (Å²) in [5, 5.41) is 10.2. The summed E-state index contributed by atoms with van der Waals surface area (Å²) in [5.41, 5.74) is 10.9.